The van der Waals surface area contributed by atoms with Crippen molar-refractivity contribution in [1.29, 1.82) is 0 Å². The van der Waals surface area contributed by atoms with E-state index in [1.807, 2.05) is 39.0 Å². The molecule has 0 spiro atoms. The first-order valence-electron chi connectivity index (χ1n) is 10.1. The van der Waals surface area contributed by atoms with Gasteiger partial charge in [-0.15, -0.1) is 0 Å². The van der Waals surface area contributed by atoms with Gasteiger partial charge in [-0.25, -0.2) is 4.79 Å². The molecule has 29 heavy (non-hydrogen) atoms. The van der Waals surface area contributed by atoms with E-state index in [9.17, 15) is 9.59 Å². The third kappa shape index (κ3) is 5.53. The van der Waals surface area contributed by atoms with Crippen molar-refractivity contribution in [2.24, 2.45) is 0 Å². The zero-order chi connectivity index (χ0) is 20.8. The minimum absolute atomic E-state index is 0.0470. The van der Waals surface area contributed by atoms with E-state index in [2.05, 4.69) is 10.6 Å². The maximum Gasteiger partial charge on any atom is 0.317 e. The molecule has 2 N–H and O–H groups in total. The summed E-state index contributed by atoms with van der Waals surface area (Å²) in [7, 11) is 0. The first-order chi connectivity index (χ1) is 14.0. The lowest BCUT2D eigenvalue weighted by atomic mass is 10.1. The van der Waals surface area contributed by atoms with Crippen molar-refractivity contribution >= 4 is 11.9 Å². The van der Waals surface area contributed by atoms with Crippen LogP contribution in [0.3, 0.4) is 0 Å². The van der Waals surface area contributed by atoms with Gasteiger partial charge >= 0.3 is 6.03 Å². The van der Waals surface area contributed by atoms with Gasteiger partial charge < -0.3 is 24.7 Å². The first kappa shape index (κ1) is 20.8. The van der Waals surface area contributed by atoms with E-state index < -0.39 is 0 Å². The lowest BCUT2D eigenvalue weighted by Gasteiger charge is -2.32. The molecule has 2 aromatic rings. The van der Waals surface area contributed by atoms with Crippen molar-refractivity contribution in [3.63, 3.8) is 0 Å². The van der Waals surface area contributed by atoms with E-state index >= 15 is 0 Å². The van der Waals surface area contributed by atoms with Crippen LogP contribution in [0, 0.1) is 13.8 Å². The van der Waals surface area contributed by atoms with E-state index in [1.54, 1.807) is 17.0 Å². The zero-order valence-electron chi connectivity index (χ0n) is 17.3. The second kappa shape index (κ2) is 9.49. The number of furan rings is 1. The zero-order valence-corrected chi connectivity index (χ0v) is 17.3. The third-order valence-electron chi connectivity index (χ3n) is 5.06. The lowest BCUT2D eigenvalue weighted by Crippen LogP contribution is -2.49. The number of benzene rings is 1. The summed E-state index contributed by atoms with van der Waals surface area (Å²) >= 11 is 0. The quantitative estimate of drug-likeness (QED) is 0.780. The molecule has 2 heterocycles. The Labute approximate surface area is 171 Å². The molecule has 1 saturated heterocycles. The number of hydrogen-bond donors (Lipinski definition) is 2. The van der Waals surface area contributed by atoms with Crippen molar-refractivity contribution in [2.75, 3.05) is 19.7 Å². The highest BCUT2D eigenvalue weighted by Gasteiger charge is 2.24. The van der Waals surface area contributed by atoms with Gasteiger partial charge in [-0.05, 0) is 62.9 Å². The number of piperidine rings is 1. The number of likely N-dealkylation sites (tertiary alicyclic amines) is 1. The Hall–Kier alpha value is -2.96. The molecular formula is C22H29N3O4. The van der Waals surface area contributed by atoms with E-state index in [1.165, 1.54) is 0 Å². The van der Waals surface area contributed by atoms with Gasteiger partial charge in [0.1, 0.15) is 11.5 Å². The van der Waals surface area contributed by atoms with Gasteiger partial charge in [-0.1, -0.05) is 12.1 Å². The van der Waals surface area contributed by atoms with Gasteiger partial charge in [0, 0.05) is 25.7 Å². The van der Waals surface area contributed by atoms with Gasteiger partial charge in [-0.3, -0.25) is 4.79 Å². The summed E-state index contributed by atoms with van der Waals surface area (Å²) in [5.74, 6) is 1.71. The summed E-state index contributed by atoms with van der Waals surface area (Å²) in [5.41, 5.74) is 2.09. The predicted octanol–water partition coefficient (Wildman–Crippen LogP) is 3.40. The lowest BCUT2D eigenvalue weighted by molar-refractivity contribution is 0.0888. The number of amides is 3. The smallest absolute Gasteiger partial charge is 0.317 e. The second-order valence-corrected chi connectivity index (χ2v) is 7.34. The summed E-state index contributed by atoms with van der Waals surface area (Å²) < 4.78 is 10.9. The molecule has 0 radical (unpaired) electrons. The van der Waals surface area contributed by atoms with Gasteiger partial charge in [0.05, 0.1) is 6.61 Å². The van der Waals surface area contributed by atoms with Crippen molar-refractivity contribution in [1.82, 2.24) is 15.5 Å². The number of carbonyl (C=O) groups is 2. The van der Waals surface area contributed by atoms with Crippen molar-refractivity contribution < 1.29 is 18.7 Å². The fraction of sp³-hybridized carbons (Fsp3) is 0.455. The Morgan fingerprint density at radius 2 is 1.93 bits per heavy atom. The molecular weight excluding hydrogens is 370 g/mol. The summed E-state index contributed by atoms with van der Waals surface area (Å²) in [6, 6.07) is 9.35. The van der Waals surface area contributed by atoms with Crippen molar-refractivity contribution in [3.8, 4) is 5.75 Å². The van der Waals surface area contributed by atoms with Crippen LogP contribution < -0.4 is 15.4 Å². The molecule has 0 bridgehead atoms. The Bertz CT molecular complexity index is 853. The molecule has 0 unspecified atom stereocenters. The average molecular weight is 399 g/mol. The molecule has 7 nitrogen and oxygen atoms in total. The van der Waals surface area contributed by atoms with Crippen LogP contribution in [-0.2, 0) is 6.54 Å². The third-order valence-corrected chi connectivity index (χ3v) is 5.06. The van der Waals surface area contributed by atoms with Gasteiger partial charge in [0.15, 0.2) is 5.76 Å². The Balaban J connectivity index is 1.43. The number of carbonyl (C=O) groups excluding carboxylic acids is 2. The molecule has 1 aliphatic heterocycles. The molecule has 0 atom stereocenters. The first-order valence-corrected chi connectivity index (χ1v) is 10.1. The molecule has 156 valence electrons. The van der Waals surface area contributed by atoms with E-state index in [4.69, 9.17) is 9.15 Å². The molecule has 1 aromatic carbocycles. The Morgan fingerprint density at radius 1 is 1.17 bits per heavy atom. The van der Waals surface area contributed by atoms with E-state index in [0.717, 1.165) is 29.7 Å². The van der Waals surface area contributed by atoms with E-state index in [0.29, 0.717) is 37.8 Å². The van der Waals surface area contributed by atoms with Gasteiger partial charge in [0.25, 0.3) is 5.91 Å². The summed E-state index contributed by atoms with van der Waals surface area (Å²) in [5, 5.41) is 5.96. The van der Waals surface area contributed by atoms with Crippen LogP contribution in [-0.4, -0.2) is 42.6 Å². The summed E-state index contributed by atoms with van der Waals surface area (Å²) in [6.45, 7) is 8.09. The van der Waals surface area contributed by atoms with Crippen LogP contribution in [0.1, 0.15) is 47.2 Å². The number of urea groups is 1. The fourth-order valence-electron chi connectivity index (χ4n) is 3.47. The standard InChI is InChI=1S/C22H29N3O4/c1-4-28-19-8-6-17(13-15(19)2)14-23-22(27)25-11-9-18(10-12-25)24-21(26)20-7-5-16(3)29-20/h5-8,13,18H,4,9-12,14H2,1-3H3,(H,23,27)(H,24,26). The van der Waals surface area contributed by atoms with Crippen LogP contribution in [0.15, 0.2) is 34.7 Å². The van der Waals surface area contributed by atoms with Gasteiger partial charge in [0.2, 0.25) is 0 Å². The number of rotatable bonds is 6. The highest BCUT2D eigenvalue weighted by molar-refractivity contribution is 5.91. The summed E-state index contributed by atoms with van der Waals surface area (Å²) in [4.78, 5) is 26.4. The average Bonchev–Trinajstić information content (AvgIpc) is 3.15. The molecule has 0 aliphatic carbocycles. The van der Waals surface area contributed by atoms with Crippen LogP contribution in [0.25, 0.3) is 0 Å². The number of nitrogens with one attached hydrogen (secondary N) is 2. The molecule has 1 aliphatic rings. The van der Waals surface area contributed by atoms with Crippen LogP contribution in [0.4, 0.5) is 4.79 Å². The van der Waals surface area contributed by atoms with Crippen molar-refractivity contribution in [2.45, 2.75) is 46.2 Å². The minimum atomic E-state index is -0.202. The monoisotopic (exact) mass is 399 g/mol. The molecule has 3 amide bonds. The molecule has 7 heteroatoms. The summed E-state index contributed by atoms with van der Waals surface area (Å²) in [6.07, 6.45) is 1.45. The fourth-order valence-corrected chi connectivity index (χ4v) is 3.47. The molecule has 1 aromatic heterocycles. The highest BCUT2D eigenvalue weighted by atomic mass is 16.5. The van der Waals surface area contributed by atoms with E-state index in [-0.39, 0.29) is 18.0 Å². The molecule has 3 rings (SSSR count). The number of aryl methyl sites for hydroxylation is 2. The van der Waals surface area contributed by atoms with Crippen LogP contribution >= 0.6 is 0 Å². The number of nitrogens with zero attached hydrogens (tertiary/aromatic N) is 1. The number of ether oxygens (including phenoxy) is 1. The highest BCUT2D eigenvalue weighted by Crippen LogP contribution is 2.19. The largest absolute Gasteiger partial charge is 0.494 e. The van der Waals surface area contributed by atoms with Crippen LogP contribution in [0.2, 0.25) is 0 Å². The Morgan fingerprint density at radius 3 is 2.55 bits per heavy atom. The van der Waals surface area contributed by atoms with Crippen molar-refractivity contribution in [3.05, 3.63) is 53.0 Å². The maximum atomic E-state index is 12.5. The minimum Gasteiger partial charge on any atom is -0.494 e. The maximum absolute atomic E-state index is 12.5. The topological polar surface area (TPSA) is 83.8 Å². The molecule has 1 fully saturated rings. The van der Waals surface area contributed by atoms with Gasteiger partial charge in [-0.2, -0.15) is 0 Å². The SMILES string of the molecule is CCOc1ccc(CNC(=O)N2CCC(NC(=O)c3ccc(C)o3)CC2)cc1C. The molecule has 0 saturated carbocycles. The number of hydrogen-bond acceptors (Lipinski definition) is 4. The predicted molar refractivity (Wildman–Crippen MR) is 110 cm³/mol. The normalized spacial score (nSPS) is 14.5. The second-order valence-electron chi connectivity index (χ2n) is 7.34. The Kier molecular flexibility index (Phi) is 6.80. The van der Waals surface area contributed by atoms with Crippen LogP contribution in [0.5, 0.6) is 5.75 Å².